The Bertz CT molecular complexity index is 1240. The number of hydrogen-bond donors (Lipinski definition) is 2. The third-order valence-corrected chi connectivity index (χ3v) is 4.71. The summed E-state index contributed by atoms with van der Waals surface area (Å²) < 4.78 is 0.566. The molecule has 2 amide bonds. The highest BCUT2D eigenvalue weighted by Gasteiger charge is 2.15. The van der Waals surface area contributed by atoms with Gasteiger partial charge in [-0.3, -0.25) is 20.4 Å². The summed E-state index contributed by atoms with van der Waals surface area (Å²) in [5.41, 5.74) is 7.43. The molecule has 2 heterocycles. The number of rotatable bonds is 3. The van der Waals surface area contributed by atoms with Crippen LogP contribution in [0.2, 0.25) is 5.02 Å². The van der Waals surface area contributed by atoms with Crippen LogP contribution in [0, 0.1) is 5.21 Å². The molecule has 30 heavy (non-hydrogen) atoms. The van der Waals surface area contributed by atoms with Crippen molar-refractivity contribution in [1.82, 2.24) is 15.8 Å². The highest BCUT2D eigenvalue weighted by atomic mass is 35.5. The Hall–Kier alpha value is -3.97. The van der Waals surface area contributed by atoms with Gasteiger partial charge >= 0.3 is 0 Å². The van der Waals surface area contributed by atoms with Crippen LogP contribution in [0.5, 0.6) is 0 Å². The summed E-state index contributed by atoms with van der Waals surface area (Å²) in [5.74, 6) is -1.03. The van der Waals surface area contributed by atoms with Crippen molar-refractivity contribution in [1.29, 1.82) is 0 Å². The number of para-hydroxylation sites is 1. The van der Waals surface area contributed by atoms with Crippen LogP contribution in [0.25, 0.3) is 22.2 Å². The largest absolute Gasteiger partial charge is 0.619 e. The maximum absolute atomic E-state index is 12.9. The van der Waals surface area contributed by atoms with E-state index >= 15 is 0 Å². The zero-order chi connectivity index (χ0) is 21.1. The summed E-state index contributed by atoms with van der Waals surface area (Å²) in [5, 5.41) is 12.3. The van der Waals surface area contributed by atoms with E-state index in [4.69, 9.17) is 11.6 Å². The third-order valence-electron chi connectivity index (χ3n) is 4.45. The molecule has 0 atom stereocenters. The first-order valence-corrected chi connectivity index (χ1v) is 9.34. The standard InChI is InChI=1S/C22H15ClN4O3/c23-16-7-5-14(6-8-16)20-13-18(17-3-1-2-4-19(17)24-20)22(29)26-25-21(28)15-9-11-27(30)12-10-15/h1-13H,(H,25,28)(H,26,29). The fourth-order valence-corrected chi connectivity index (χ4v) is 3.07. The normalized spacial score (nSPS) is 10.6. The van der Waals surface area contributed by atoms with Crippen molar-refractivity contribution >= 4 is 34.3 Å². The average molecular weight is 419 g/mol. The summed E-state index contributed by atoms with van der Waals surface area (Å²) in [6, 6.07) is 18.8. The molecule has 4 rings (SSSR count). The molecule has 0 aliphatic heterocycles. The van der Waals surface area contributed by atoms with Crippen molar-refractivity contribution in [2.45, 2.75) is 0 Å². The molecular weight excluding hydrogens is 404 g/mol. The predicted octanol–water partition coefficient (Wildman–Crippen LogP) is 3.26. The Labute approximate surface area is 176 Å². The predicted molar refractivity (Wildman–Crippen MR) is 113 cm³/mol. The Balaban J connectivity index is 1.63. The Kier molecular flexibility index (Phi) is 5.28. The van der Waals surface area contributed by atoms with Gasteiger partial charge in [0.15, 0.2) is 12.4 Å². The van der Waals surface area contributed by atoms with Crippen LogP contribution in [0.4, 0.5) is 0 Å². The van der Waals surface area contributed by atoms with Gasteiger partial charge in [0.05, 0.1) is 22.3 Å². The minimum absolute atomic E-state index is 0.240. The Morgan fingerprint density at radius 1 is 0.900 bits per heavy atom. The van der Waals surface area contributed by atoms with E-state index < -0.39 is 11.8 Å². The summed E-state index contributed by atoms with van der Waals surface area (Å²) in [7, 11) is 0. The van der Waals surface area contributed by atoms with E-state index in [0.717, 1.165) is 5.56 Å². The van der Waals surface area contributed by atoms with E-state index in [-0.39, 0.29) is 5.56 Å². The number of carbonyl (C=O) groups is 2. The molecule has 0 spiro atoms. The molecule has 4 aromatic rings. The third kappa shape index (κ3) is 4.06. The van der Waals surface area contributed by atoms with Crippen LogP contribution >= 0.6 is 11.6 Å². The van der Waals surface area contributed by atoms with Gasteiger partial charge < -0.3 is 5.21 Å². The van der Waals surface area contributed by atoms with E-state index in [0.29, 0.717) is 31.9 Å². The number of pyridine rings is 2. The van der Waals surface area contributed by atoms with Gasteiger partial charge in [-0.1, -0.05) is 41.9 Å². The molecule has 0 bridgehead atoms. The second-order valence-corrected chi connectivity index (χ2v) is 6.87. The lowest BCUT2D eigenvalue weighted by atomic mass is 10.0. The topological polar surface area (TPSA) is 98.0 Å². The van der Waals surface area contributed by atoms with Gasteiger partial charge in [-0.15, -0.1) is 0 Å². The van der Waals surface area contributed by atoms with E-state index in [1.54, 1.807) is 24.3 Å². The van der Waals surface area contributed by atoms with Crippen molar-refractivity contribution in [3.8, 4) is 11.3 Å². The van der Waals surface area contributed by atoms with Crippen LogP contribution in [0.1, 0.15) is 20.7 Å². The minimum Gasteiger partial charge on any atom is -0.619 e. The van der Waals surface area contributed by atoms with Crippen LogP contribution in [-0.4, -0.2) is 16.8 Å². The summed E-state index contributed by atoms with van der Waals surface area (Å²) >= 11 is 5.96. The minimum atomic E-state index is -0.541. The lowest BCUT2D eigenvalue weighted by Crippen LogP contribution is -2.42. The lowest BCUT2D eigenvalue weighted by molar-refractivity contribution is -0.605. The number of hydrogen-bond acceptors (Lipinski definition) is 4. The summed E-state index contributed by atoms with van der Waals surface area (Å²) in [4.78, 5) is 29.7. The first kappa shape index (κ1) is 19.4. The van der Waals surface area contributed by atoms with E-state index in [1.165, 1.54) is 24.5 Å². The molecule has 0 fully saturated rings. The Morgan fingerprint density at radius 2 is 1.57 bits per heavy atom. The molecule has 0 saturated carbocycles. The molecule has 7 nitrogen and oxygen atoms in total. The van der Waals surface area contributed by atoms with Crippen LogP contribution in [-0.2, 0) is 0 Å². The molecule has 148 valence electrons. The molecule has 0 aliphatic rings. The van der Waals surface area contributed by atoms with E-state index in [9.17, 15) is 14.8 Å². The van der Waals surface area contributed by atoms with Gasteiger partial charge in [0.1, 0.15) is 0 Å². The van der Waals surface area contributed by atoms with Crippen molar-refractivity contribution in [2.75, 3.05) is 0 Å². The molecule has 2 aromatic heterocycles. The number of halogens is 1. The number of nitrogens with one attached hydrogen (secondary N) is 2. The fraction of sp³-hybridized carbons (Fsp3) is 0. The van der Waals surface area contributed by atoms with Crippen molar-refractivity contribution in [3.63, 3.8) is 0 Å². The molecule has 0 radical (unpaired) electrons. The molecule has 2 aromatic carbocycles. The van der Waals surface area contributed by atoms with Crippen molar-refractivity contribution < 1.29 is 14.3 Å². The van der Waals surface area contributed by atoms with Crippen LogP contribution < -0.4 is 15.6 Å². The van der Waals surface area contributed by atoms with Crippen molar-refractivity contribution in [2.24, 2.45) is 0 Å². The zero-order valence-corrected chi connectivity index (χ0v) is 16.3. The van der Waals surface area contributed by atoms with Gasteiger partial charge in [-0.25, -0.2) is 4.98 Å². The summed E-state index contributed by atoms with van der Waals surface area (Å²) in [6.45, 7) is 0. The number of aromatic nitrogens is 2. The number of hydrazine groups is 1. The number of amides is 2. The van der Waals surface area contributed by atoms with Crippen LogP contribution in [0.3, 0.4) is 0 Å². The molecule has 0 unspecified atom stereocenters. The SMILES string of the molecule is O=C(NNC(=O)c1cc(-c2ccc(Cl)cc2)nc2ccccc12)c1cc[n+]([O-])cc1. The number of nitrogens with zero attached hydrogens (tertiary/aromatic N) is 2. The smallest absolute Gasteiger partial charge is 0.270 e. The Morgan fingerprint density at radius 3 is 2.30 bits per heavy atom. The summed E-state index contributed by atoms with van der Waals surface area (Å²) in [6.07, 6.45) is 2.40. The van der Waals surface area contributed by atoms with Gasteiger partial charge in [-0.2, -0.15) is 4.73 Å². The number of carbonyl (C=O) groups excluding carboxylic acids is 2. The highest BCUT2D eigenvalue weighted by molar-refractivity contribution is 6.30. The maximum atomic E-state index is 12.9. The molecular formula is C22H15ClN4O3. The van der Waals surface area contributed by atoms with Gasteiger partial charge in [-0.05, 0) is 24.3 Å². The zero-order valence-electron chi connectivity index (χ0n) is 15.5. The fourth-order valence-electron chi connectivity index (χ4n) is 2.95. The van der Waals surface area contributed by atoms with E-state index in [2.05, 4.69) is 15.8 Å². The number of benzene rings is 2. The second-order valence-electron chi connectivity index (χ2n) is 6.43. The molecule has 2 N–H and O–H groups in total. The second kappa shape index (κ2) is 8.18. The van der Waals surface area contributed by atoms with Gasteiger partial charge in [0.25, 0.3) is 11.8 Å². The molecule has 0 aliphatic carbocycles. The molecule has 0 saturated heterocycles. The van der Waals surface area contributed by atoms with Crippen molar-refractivity contribution in [3.05, 3.63) is 100 Å². The maximum Gasteiger partial charge on any atom is 0.270 e. The first-order valence-electron chi connectivity index (χ1n) is 8.96. The quantitative estimate of drug-likeness (QED) is 0.303. The van der Waals surface area contributed by atoms with E-state index in [1.807, 2.05) is 30.3 Å². The molecule has 8 heteroatoms. The highest BCUT2D eigenvalue weighted by Crippen LogP contribution is 2.25. The van der Waals surface area contributed by atoms with Gasteiger partial charge in [0.2, 0.25) is 0 Å². The number of fused-ring (bicyclic) bond motifs is 1. The van der Waals surface area contributed by atoms with Crippen LogP contribution in [0.15, 0.2) is 79.1 Å². The monoisotopic (exact) mass is 418 g/mol. The first-order chi connectivity index (χ1) is 14.5. The van der Waals surface area contributed by atoms with Gasteiger partial charge in [0, 0.05) is 28.1 Å². The average Bonchev–Trinajstić information content (AvgIpc) is 2.77. The lowest BCUT2D eigenvalue weighted by Gasteiger charge is -2.11.